The third-order valence-electron chi connectivity index (χ3n) is 1.99. The number of benzene rings is 1. The van der Waals surface area contributed by atoms with E-state index in [1.165, 1.54) is 0 Å². The number of hydrogen-bond acceptors (Lipinski definition) is 3. The van der Waals surface area contributed by atoms with Crippen LogP contribution < -0.4 is 10.6 Å². The molecule has 0 atom stereocenters. The monoisotopic (exact) mass is 286 g/mol. The van der Waals surface area contributed by atoms with Crippen LogP contribution in [0.15, 0.2) is 18.2 Å². The Labute approximate surface area is 115 Å². The van der Waals surface area contributed by atoms with Crippen molar-refractivity contribution in [3.05, 3.63) is 29.8 Å². The average molecular weight is 286 g/mol. The van der Waals surface area contributed by atoms with Crippen LogP contribution in [0.25, 0.3) is 0 Å². The number of anilines is 1. The molecule has 0 unspecified atom stereocenters. The van der Waals surface area contributed by atoms with Crippen molar-refractivity contribution in [3.8, 4) is 0 Å². The first-order valence-corrected chi connectivity index (χ1v) is 5.89. The van der Waals surface area contributed by atoms with Gasteiger partial charge in [-0.1, -0.05) is 0 Å². The quantitative estimate of drug-likeness (QED) is 0.896. The Morgan fingerprint density at radius 3 is 2.50 bits per heavy atom. The van der Waals surface area contributed by atoms with E-state index in [0.29, 0.717) is 0 Å². The minimum Gasteiger partial charge on any atom is -0.444 e. The molecule has 0 fully saturated rings. The Balaban J connectivity index is 2.48. The SMILES string of the molecule is CC(C)(C)OC(=O)NCC(=O)Nc1cc(F)ccc1F. The maximum Gasteiger partial charge on any atom is 0.408 e. The number of alkyl carbamates (subject to hydrolysis) is 1. The van der Waals surface area contributed by atoms with Crippen LogP contribution >= 0.6 is 0 Å². The van der Waals surface area contributed by atoms with E-state index < -0.39 is 35.8 Å². The second-order valence-corrected chi connectivity index (χ2v) is 5.03. The van der Waals surface area contributed by atoms with Crippen LogP contribution in [-0.2, 0) is 9.53 Å². The molecule has 0 aliphatic carbocycles. The highest BCUT2D eigenvalue weighted by Crippen LogP contribution is 2.14. The van der Waals surface area contributed by atoms with E-state index in [0.717, 1.165) is 18.2 Å². The van der Waals surface area contributed by atoms with E-state index in [2.05, 4.69) is 10.6 Å². The molecular weight excluding hydrogens is 270 g/mol. The first-order chi connectivity index (χ1) is 9.17. The Hall–Kier alpha value is -2.18. The molecule has 5 nitrogen and oxygen atoms in total. The summed E-state index contributed by atoms with van der Waals surface area (Å²) in [7, 11) is 0. The molecule has 0 aliphatic heterocycles. The normalized spacial score (nSPS) is 10.8. The molecule has 7 heteroatoms. The number of rotatable bonds is 3. The lowest BCUT2D eigenvalue weighted by atomic mass is 10.2. The van der Waals surface area contributed by atoms with Gasteiger partial charge in [-0.2, -0.15) is 0 Å². The predicted octanol–water partition coefficient (Wildman–Crippen LogP) is 2.43. The van der Waals surface area contributed by atoms with E-state index in [1.807, 2.05) is 0 Å². The lowest BCUT2D eigenvalue weighted by Gasteiger charge is -2.19. The average Bonchev–Trinajstić information content (AvgIpc) is 2.29. The number of halogens is 2. The smallest absolute Gasteiger partial charge is 0.408 e. The Morgan fingerprint density at radius 1 is 1.25 bits per heavy atom. The Bertz CT molecular complexity index is 513. The Kier molecular flexibility index (Phi) is 5.01. The summed E-state index contributed by atoms with van der Waals surface area (Å²) < 4.78 is 31.1. The molecule has 1 aromatic carbocycles. The first kappa shape index (κ1) is 15.9. The van der Waals surface area contributed by atoms with Crippen molar-refractivity contribution in [2.24, 2.45) is 0 Å². The highest BCUT2D eigenvalue weighted by atomic mass is 19.1. The molecule has 2 N–H and O–H groups in total. The zero-order valence-corrected chi connectivity index (χ0v) is 11.4. The van der Waals surface area contributed by atoms with Gasteiger partial charge in [-0.15, -0.1) is 0 Å². The number of carbonyl (C=O) groups excluding carboxylic acids is 2. The van der Waals surface area contributed by atoms with Gasteiger partial charge in [0.15, 0.2) is 0 Å². The van der Waals surface area contributed by atoms with Crippen molar-refractivity contribution >= 4 is 17.7 Å². The molecule has 0 radical (unpaired) electrons. The molecule has 20 heavy (non-hydrogen) atoms. The van der Waals surface area contributed by atoms with Gasteiger partial charge in [-0.25, -0.2) is 13.6 Å². The summed E-state index contributed by atoms with van der Waals surface area (Å²) in [6.07, 6.45) is -0.771. The number of hydrogen-bond donors (Lipinski definition) is 2. The van der Waals surface area contributed by atoms with Crippen molar-refractivity contribution in [3.63, 3.8) is 0 Å². The molecule has 0 spiro atoms. The van der Waals surface area contributed by atoms with Crippen LogP contribution in [0, 0.1) is 11.6 Å². The molecule has 1 rings (SSSR count). The van der Waals surface area contributed by atoms with Gasteiger partial charge < -0.3 is 15.4 Å². The largest absolute Gasteiger partial charge is 0.444 e. The zero-order chi connectivity index (χ0) is 15.3. The summed E-state index contributed by atoms with van der Waals surface area (Å²) in [6.45, 7) is 4.61. The van der Waals surface area contributed by atoms with E-state index in [1.54, 1.807) is 20.8 Å². The van der Waals surface area contributed by atoms with E-state index in [-0.39, 0.29) is 5.69 Å². The fourth-order valence-corrected chi connectivity index (χ4v) is 1.25. The standard InChI is InChI=1S/C13H16F2N2O3/c1-13(2,3)20-12(19)16-7-11(18)17-10-6-8(14)4-5-9(10)15/h4-6H,7H2,1-3H3,(H,16,19)(H,17,18). The molecule has 110 valence electrons. The maximum absolute atomic E-state index is 13.3. The lowest BCUT2D eigenvalue weighted by molar-refractivity contribution is -0.115. The molecule has 2 amide bonds. The molecule has 0 aliphatic rings. The van der Waals surface area contributed by atoms with Gasteiger partial charge in [-0.3, -0.25) is 4.79 Å². The van der Waals surface area contributed by atoms with Gasteiger partial charge in [0, 0.05) is 6.07 Å². The fraction of sp³-hybridized carbons (Fsp3) is 0.385. The number of amides is 2. The van der Waals surface area contributed by atoms with Gasteiger partial charge in [0.05, 0.1) is 5.69 Å². The van der Waals surface area contributed by atoms with Crippen LogP contribution in [0.3, 0.4) is 0 Å². The molecule has 0 heterocycles. The third kappa shape index (κ3) is 5.64. The minimum atomic E-state index is -0.771. The molecule has 0 saturated carbocycles. The molecule has 0 bridgehead atoms. The van der Waals surface area contributed by atoms with Crippen molar-refractivity contribution in [1.29, 1.82) is 0 Å². The van der Waals surface area contributed by atoms with E-state index >= 15 is 0 Å². The molecule has 0 aromatic heterocycles. The van der Waals surface area contributed by atoms with Crippen molar-refractivity contribution < 1.29 is 23.1 Å². The second-order valence-electron chi connectivity index (χ2n) is 5.03. The summed E-state index contributed by atoms with van der Waals surface area (Å²) >= 11 is 0. The lowest BCUT2D eigenvalue weighted by Crippen LogP contribution is -2.37. The maximum atomic E-state index is 13.3. The first-order valence-electron chi connectivity index (χ1n) is 5.89. The van der Waals surface area contributed by atoms with Gasteiger partial charge in [-0.05, 0) is 32.9 Å². The summed E-state index contributed by atoms with van der Waals surface area (Å²) in [6, 6.07) is 2.68. The molecule has 1 aromatic rings. The highest BCUT2D eigenvalue weighted by Gasteiger charge is 2.17. The topological polar surface area (TPSA) is 67.4 Å². The number of ether oxygens (including phenoxy) is 1. The van der Waals surface area contributed by atoms with Crippen molar-refractivity contribution in [2.45, 2.75) is 26.4 Å². The van der Waals surface area contributed by atoms with Crippen LogP contribution in [0.1, 0.15) is 20.8 Å². The van der Waals surface area contributed by atoms with E-state index in [4.69, 9.17) is 4.74 Å². The van der Waals surface area contributed by atoms with Gasteiger partial charge >= 0.3 is 6.09 Å². The number of nitrogens with one attached hydrogen (secondary N) is 2. The number of carbonyl (C=O) groups is 2. The summed E-state index contributed by atoms with van der Waals surface area (Å²) in [5.41, 5.74) is -0.976. The van der Waals surface area contributed by atoms with Gasteiger partial charge in [0.2, 0.25) is 5.91 Å². The zero-order valence-electron chi connectivity index (χ0n) is 11.4. The summed E-state index contributed by atoms with van der Waals surface area (Å²) in [5, 5.41) is 4.35. The van der Waals surface area contributed by atoms with Crippen LogP contribution in [-0.4, -0.2) is 24.1 Å². The van der Waals surface area contributed by atoms with Crippen LogP contribution in [0.2, 0.25) is 0 Å². The Morgan fingerprint density at radius 2 is 1.90 bits per heavy atom. The second kappa shape index (κ2) is 6.31. The third-order valence-corrected chi connectivity index (χ3v) is 1.99. The summed E-state index contributed by atoms with van der Waals surface area (Å²) in [5.74, 6) is -2.14. The van der Waals surface area contributed by atoms with Crippen LogP contribution in [0.4, 0.5) is 19.3 Å². The predicted molar refractivity (Wildman–Crippen MR) is 69.2 cm³/mol. The van der Waals surface area contributed by atoms with E-state index in [9.17, 15) is 18.4 Å². The minimum absolute atomic E-state index is 0.291. The van der Waals surface area contributed by atoms with Gasteiger partial charge in [0.1, 0.15) is 23.8 Å². The van der Waals surface area contributed by atoms with Gasteiger partial charge in [0.25, 0.3) is 0 Å². The highest BCUT2D eigenvalue weighted by molar-refractivity contribution is 5.93. The summed E-state index contributed by atoms with van der Waals surface area (Å²) in [4.78, 5) is 22.8. The fourth-order valence-electron chi connectivity index (χ4n) is 1.25. The van der Waals surface area contributed by atoms with Crippen molar-refractivity contribution in [2.75, 3.05) is 11.9 Å². The molecule has 0 saturated heterocycles. The van der Waals surface area contributed by atoms with Crippen molar-refractivity contribution in [1.82, 2.24) is 5.32 Å². The van der Waals surface area contributed by atoms with Crippen LogP contribution in [0.5, 0.6) is 0 Å². The molecular formula is C13H16F2N2O3.